The van der Waals surface area contributed by atoms with Gasteiger partial charge in [-0.3, -0.25) is 0 Å². The minimum Gasteiger partial charge on any atom is -0.246 e. The average molecular weight is 627 g/mol. The second-order valence-electron chi connectivity index (χ2n) is 11.6. The lowest BCUT2D eigenvalue weighted by molar-refractivity contribution is 0.485. The first-order valence-electron chi connectivity index (χ1n) is 15.7. The quantitative estimate of drug-likeness (QED) is 0.177. The van der Waals surface area contributed by atoms with Gasteiger partial charge in [-0.1, -0.05) is 109 Å². The van der Waals surface area contributed by atoms with Crippen LogP contribution in [0.1, 0.15) is 11.1 Å². The van der Waals surface area contributed by atoms with Crippen molar-refractivity contribution in [2.75, 3.05) is 0 Å². The third kappa shape index (κ3) is 5.58. The number of benzene rings is 6. The van der Waals surface area contributed by atoms with Gasteiger partial charge in [0, 0.05) is 22.3 Å². The molecule has 0 amide bonds. The van der Waals surface area contributed by atoms with Gasteiger partial charge in [0.2, 0.25) is 0 Å². The highest BCUT2D eigenvalue weighted by Gasteiger charge is 2.17. The fourth-order valence-corrected chi connectivity index (χ4v) is 6.07. The zero-order valence-corrected chi connectivity index (χ0v) is 25.8. The van der Waals surface area contributed by atoms with E-state index in [0.29, 0.717) is 33.5 Å². The van der Waals surface area contributed by atoms with Gasteiger partial charge >= 0.3 is 0 Å². The molecule has 0 bridgehead atoms. The number of hydrogen-bond donors (Lipinski definition) is 0. The van der Waals surface area contributed by atoms with Crippen LogP contribution in [0.3, 0.4) is 0 Å². The fourth-order valence-electron chi connectivity index (χ4n) is 6.07. The van der Waals surface area contributed by atoms with Gasteiger partial charge in [0.25, 0.3) is 0 Å². The Balaban J connectivity index is 1.27. The molecule has 0 saturated heterocycles. The van der Waals surface area contributed by atoms with Crippen molar-refractivity contribution in [2.45, 2.75) is 13.3 Å². The van der Waals surface area contributed by atoms with E-state index in [1.807, 2.05) is 91.0 Å². The summed E-state index contributed by atoms with van der Waals surface area (Å²) >= 11 is 0. The second kappa shape index (κ2) is 12.6. The molecule has 0 radical (unpaired) electrons. The van der Waals surface area contributed by atoms with Crippen LogP contribution in [0, 0.1) is 0 Å². The van der Waals surface area contributed by atoms with Crippen molar-refractivity contribution in [3.05, 3.63) is 157 Å². The van der Waals surface area contributed by atoms with Crippen molar-refractivity contribution in [1.29, 1.82) is 0 Å². The largest absolute Gasteiger partial charge is 0.246 e. The molecule has 0 atom stereocenters. The van der Waals surface area contributed by atoms with Crippen LogP contribution in [-0.2, 0) is 13.3 Å². The summed E-state index contributed by atoms with van der Waals surface area (Å²) in [6, 6.07) is 46.8. The highest BCUT2D eigenvalue weighted by Crippen LogP contribution is 2.35. The maximum Gasteiger partial charge on any atom is 0.115 e. The van der Waals surface area contributed by atoms with Crippen LogP contribution in [0.5, 0.6) is 0 Å². The zero-order chi connectivity index (χ0) is 32.5. The van der Waals surface area contributed by atoms with Crippen LogP contribution in [0.2, 0.25) is 0 Å². The molecule has 0 N–H and O–H groups in total. The number of aromatic nitrogens is 4. The van der Waals surface area contributed by atoms with Crippen LogP contribution in [0.4, 0.5) is 8.78 Å². The Morgan fingerprint density at radius 3 is 1.10 bits per heavy atom. The van der Waals surface area contributed by atoms with Crippen LogP contribution in [0.15, 0.2) is 146 Å². The SMILES string of the molecule is FCc1cccc(-c2nc3ccc(-c4ccc5nc(-c6ccccc6)c(-c6ccccc6)nc5c4)cc3nc2-c2cccc(CF)c2)c1. The number of halogens is 2. The summed E-state index contributed by atoms with van der Waals surface area (Å²) in [7, 11) is 0. The number of fused-ring (bicyclic) bond motifs is 2. The van der Waals surface area contributed by atoms with Gasteiger partial charge in [0.05, 0.1) is 44.8 Å². The monoisotopic (exact) mass is 626 g/mol. The van der Waals surface area contributed by atoms with Crippen molar-refractivity contribution >= 4 is 22.1 Å². The molecule has 4 nitrogen and oxygen atoms in total. The molecule has 0 spiro atoms. The predicted molar refractivity (Wildman–Crippen MR) is 189 cm³/mol. The van der Waals surface area contributed by atoms with E-state index in [2.05, 4.69) is 30.3 Å². The topological polar surface area (TPSA) is 51.6 Å². The van der Waals surface area contributed by atoms with Gasteiger partial charge in [0.1, 0.15) is 13.3 Å². The predicted octanol–water partition coefficient (Wildman–Crippen LogP) is 10.8. The zero-order valence-electron chi connectivity index (χ0n) is 25.8. The summed E-state index contributed by atoms with van der Waals surface area (Å²) in [5.74, 6) is 0. The molecule has 48 heavy (non-hydrogen) atoms. The van der Waals surface area contributed by atoms with Crippen LogP contribution >= 0.6 is 0 Å². The molecule has 8 rings (SSSR count). The van der Waals surface area contributed by atoms with Gasteiger partial charge in [-0.15, -0.1) is 0 Å². The Morgan fingerprint density at radius 2 is 0.688 bits per heavy atom. The van der Waals surface area contributed by atoms with Gasteiger partial charge in [0.15, 0.2) is 0 Å². The standard InChI is InChI=1S/C42H28F2N4/c43-25-27-9-7-15-33(21-27)41-42(34-16-8-10-28(22-34)26-44)48-38-24-32(18-20-36(38)46-41)31-17-19-35-37(23-31)47-40(30-13-5-2-6-14-30)39(45-35)29-11-3-1-4-12-29/h1-24H,25-26H2. The molecule has 2 heterocycles. The highest BCUT2D eigenvalue weighted by molar-refractivity contribution is 5.92. The molecular weight excluding hydrogens is 598 g/mol. The summed E-state index contributed by atoms with van der Waals surface area (Å²) in [4.78, 5) is 20.3. The Bertz CT molecular complexity index is 2430. The third-order valence-corrected chi connectivity index (χ3v) is 8.47. The maximum atomic E-state index is 13.7. The lowest BCUT2D eigenvalue weighted by Gasteiger charge is -2.13. The minimum absolute atomic E-state index is 0.550. The number of alkyl halides is 2. The Morgan fingerprint density at radius 1 is 0.312 bits per heavy atom. The molecule has 8 aromatic rings. The van der Waals surface area contributed by atoms with Gasteiger partial charge in [-0.25, -0.2) is 28.7 Å². The normalized spacial score (nSPS) is 11.3. The van der Waals surface area contributed by atoms with E-state index in [4.69, 9.17) is 19.9 Å². The van der Waals surface area contributed by atoms with Crippen molar-refractivity contribution in [3.63, 3.8) is 0 Å². The first-order chi connectivity index (χ1) is 23.7. The van der Waals surface area contributed by atoms with Crippen molar-refractivity contribution < 1.29 is 8.78 Å². The fraction of sp³-hybridized carbons (Fsp3) is 0.0476. The lowest BCUT2D eigenvalue weighted by atomic mass is 9.99. The van der Waals surface area contributed by atoms with Crippen molar-refractivity contribution in [3.8, 4) is 56.2 Å². The second-order valence-corrected chi connectivity index (χ2v) is 11.6. The molecule has 2 aromatic heterocycles. The van der Waals surface area contributed by atoms with E-state index in [1.165, 1.54) is 0 Å². The molecular formula is C42H28F2N4. The molecule has 0 unspecified atom stereocenters. The minimum atomic E-state index is -0.588. The maximum absolute atomic E-state index is 13.7. The molecule has 0 fully saturated rings. The summed E-state index contributed by atoms with van der Waals surface area (Å²) in [5.41, 5.74) is 12.4. The van der Waals surface area contributed by atoms with Crippen LogP contribution < -0.4 is 0 Å². The molecule has 0 saturated carbocycles. The van der Waals surface area contributed by atoms with E-state index >= 15 is 0 Å². The van der Waals surface area contributed by atoms with Crippen molar-refractivity contribution in [1.82, 2.24) is 19.9 Å². The number of nitrogens with zero attached hydrogens (tertiary/aromatic N) is 4. The number of hydrogen-bond acceptors (Lipinski definition) is 4. The number of rotatable bonds is 7. The summed E-state index contributed by atoms with van der Waals surface area (Å²) in [5, 5.41) is 0. The van der Waals surface area contributed by atoms with Gasteiger partial charge in [-0.05, 0) is 58.7 Å². The first-order valence-corrected chi connectivity index (χ1v) is 15.7. The summed E-state index contributed by atoms with van der Waals surface area (Å²) in [6.45, 7) is -1.17. The van der Waals surface area contributed by atoms with E-state index < -0.39 is 13.3 Å². The van der Waals surface area contributed by atoms with E-state index in [9.17, 15) is 8.78 Å². The summed E-state index contributed by atoms with van der Waals surface area (Å²) in [6.07, 6.45) is 0. The molecule has 230 valence electrons. The Kier molecular flexibility index (Phi) is 7.67. The molecule has 6 heteroatoms. The van der Waals surface area contributed by atoms with Gasteiger partial charge in [-0.2, -0.15) is 0 Å². The Hall–Kier alpha value is -6.14. The highest BCUT2D eigenvalue weighted by atomic mass is 19.1. The summed E-state index contributed by atoms with van der Waals surface area (Å²) < 4.78 is 27.3. The smallest absolute Gasteiger partial charge is 0.115 e. The van der Waals surface area contributed by atoms with E-state index in [-0.39, 0.29) is 0 Å². The molecule has 0 aliphatic carbocycles. The Labute approximate surface area is 276 Å². The first kappa shape index (κ1) is 29.3. The van der Waals surface area contributed by atoms with Crippen LogP contribution in [-0.4, -0.2) is 19.9 Å². The lowest BCUT2D eigenvalue weighted by Crippen LogP contribution is -1.97. The average Bonchev–Trinajstić information content (AvgIpc) is 3.17. The molecule has 6 aromatic carbocycles. The van der Waals surface area contributed by atoms with Crippen molar-refractivity contribution in [2.24, 2.45) is 0 Å². The third-order valence-electron chi connectivity index (χ3n) is 8.47. The van der Waals surface area contributed by atoms with Gasteiger partial charge < -0.3 is 0 Å². The van der Waals surface area contributed by atoms with E-state index in [1.54, 1.807) is 24.3 Å². The molecule has 0 aliphatic heterocycles. The van der Waals surface area contributed by atoms with E-state index in [0.717, 1.165) is 55.8 Å². The van der Waals surface area contributed by atoms with Crippen LogP contribution in [0.25, 0.3) is 78.2 Å². The molecule has 0 aliphatic rings.